The number of hydrogen-bond donors (Lipinski definition) is 2. The summed E-state index contributed by atoms with van der Waals surface area (Å²) < 4.78 is 5.03. The van der Waals surface area contributed by atoms with Crippen molar-refractivity contribution in [1.29, 1.82) is 0 Å². The molecule has 2 heterocycles. The molecule has 6 nitrogen and oxygen atoms in total. The Labute approximate surface area is 111 Å². The second kappa shape index (κ2) is 6.17. The Balaban J connectivity index is 2.09. The van der Waals surface area contributed by atoms with Crippen LogP contribution in [0.5, 0.6) is 5.88 Å². The lowest BCUT2D eigenvalue weighted by molar-refractivity contribution is -0.122. The number of amides is 2. The third-order valence-corrected chi connectivity index (χ3v) is 3.05. The van der Waals surface area contributed by atoms with Gasteiger partial charge in [0.2, 0.25) is 11.8 Å². The molecule has 1 atom stereocenters. The van der Waals surface area contributed by atoms with E-state index in [0.717, 1.165) is 12.8 Å². The molecule has 2 amide bonds. The zero-order valence-corrected chi connectivity index (χ0v) is 10.8. The fourth-order valence-corrected chi connectivity index (χ4v) is 2.04. The zero-order valence-electron chi connectivity index (χ0n) is 10.8. The fourth-order valence-electron chi connectivity index (χ4n) is 2.04. The van der Waals surface area contributed by atoms with Crippen LogP contribution in [0.4, 0.5) is 0 Å². The molecule has 102 valence electrons. The van der Waals surface area contributed by atoms with Gasteiger partial charge < -0.3 is 15.4 Å². The van der Waals surface area contributed by atoms with Crippen LogP contribution in [-0.4, -0.2) is 36.5 Å². The first kappa shape index (κ1) is 13.3. The Morgan fingerprint density at radius 2 is 2.37 bits per heavy atom. The van der Waals surface area contributed by atoms with Gasteiger partial charge in [-0.1, -0.05) is 0 Å². The van der Waals surface area contributed by atoms with E-state index in [4.69, 9.17) is 4.74 Å². The van der Waals surface area contributed by atoms with Crippen molar-refractivity contribution in [2.75, 3.05) is 13.7 Å². The van der Waals surface area contributed by atoms with E-state index in [-0.39, 0.29) is 17.7 Å². The smallest absolute Gasteiger partial charge is 0.257 e. The first-order chi connectivity index (χ1) is 9.22. The maximum atomic E-state index is 12.1. The molecule has 6 heteroatoms. The van der Waals surface area contributed by atoms with Gasteiger partial charge in [0.15, 0.2) is 0 Å². The van der Waals surface area contributed by atoms with E-state index in [2.05, 4.69) is 15.6 Å². The predicted molar refractivity (Wildman–Crippen MR) is 68.9 cm³/mol. The van der Waals surface area contributed by atoms with E-state index < -0.39 is 6.04 Å². The van der Waals surface area contributed by atoms with Gasteiger partial charge in [0.25, 0.3) is 5.91 Å². The van der Waals surface area contributed by atoms with E-state index in [9.17, 15) is 9.59 Å². The molecule has 1 aromatic rings. The molecule has 0 unspecified atom stereocenters. The van der Waals surface area contributed by atoms with Crippen molar-refractivity contribution in [1.82, 2.24) is 15.6 Å². The molecule has 2 rings (SSSR count). The second-order valence-corrected chi connectivity index (χ2v) is 4.37. The normalized spacial score (nSPS) is 19.2. The third-order valence-electron chi connectivity index (χ3n) is 3.05. The van der Waals surface area contributed by atoms with Gasteiger partial charge in [-0.15, -0.1) is 0 Å². The Morgan fingerprint density at radius 1 is 1.53 bits per heavy atom. The van der Waals surface area contributed by atoms with E-state index >= 15 is 0 Å². The summed E-state index contributed by atoms with van der Waals surface area (Å²) in [6.45, 7) is 0.668. The van der Waals surface area contributed by atoms with Crippen LogP contribution in [0.15, 0.2) is 18.3 Å². The Hall–Kier alpha value is -2.11. The number of carbonyl (C=O) groups is 2. The number of methoxy groups -OCH3 is 1. The highest BCUT2D eigenvalue weighted by Gasteiger charge is 2.24. The van der Waals surface area contributed by atoms with E-state index in [0.29, 0.717) is 18.5 Å². The van der Waals surface area contributed by atoms with E-state index in [1.54, 1.807) is 18.3 Å². The highest BCUT2D eigenvalue weighted by atomic mass is 16.5. The molecule has 1 fully saturated rings. The first-order valence-electron chi connectivity index (χ1n) is 6.30. The molecule has 1 aliphatic heterocycles. The lowest BCUT2D eigenvalue weighted by Gasteiger charge is -2.15. The summed E-state index contributed by atoms with van der Waals surface area (Å²) in [6.07, 6.45) is 4.05. The van der Waals surface area contributed by atoms with Crippen LogP contribution in [0, 0.1) is 0 Å². The van der Waals surface area contributed by atoms with Gasteiger partial charge in [-0.25, -0.2) is 4.98 Å². The van der Waals surface area contributed by atoms with Crippen LogP contribution < -0.4 is 15.4 Å². The molecule has 0 spiro atoms. The van der Waals surface area contributed by atoms with Crippen molar-refractivity contribution in [3.05, 3.63) is 23.9 Å². The number of nitrogens with zero attached hydrogens (tertiary/aromatic N) is 1. The van der Waals surface area contributed by atoms with Crippen molar-refractivity contribution in [2.45, 2.75) is 25.3 Å². The van der Waals surface area contributed by atoms with Gasteiger partial charge in [-0.05, 0) is 31.4 Å². The minimum atomic E-state index is -0.486. The van der Waals surface area contributed by atoms with Crippen LogP contribution in [0.1, 0.15) is 29.6 Å². The molecule has 1 saturated heterocycles. The number of nitrogens with one attached hydrogen (secondary N) is 2. The van der Waals surface area contributed by atoms with Gasteiger partial charge in [-0.3, -0.25) is 9.59 Å². The van der Waals surface area contributed by atoms with E-state index in [1.165, 1.54) is 7.11 Å². The molecule has 1 aromatic heterocycles. The monoisotopic (exact) mass is 263 g/mol. The Morgan fingerprint density at radius 3 is 3.16 bits per heavy atom. The maximum Gasteiger partial charge on any atom is 0.257 e. The molecule has 0 aliphatic carbocycles. The molecule has 19 heavy (non-hydrogen) atoms. The van der Waals surface area contributed by atoms with Crippen molar-refractivity contribution in [3.63, 3.8) is 0 Å². The molecular weight excluding hydrogens is 246 g/mol. The van der Waals surface area contributed by atoms with Crippen LogP contribution in [-0.2, 0) is 4.79 Å². The number of hydrogen-bond acceptors (Lipinski definition) is 4. The molecule has 2 N–H and O–H groups in total. The van der Waals surface area contributed by atoms with Crippen LogP contribution in [0.2, 0.25) is 0 Å². The van der Waals surface area contributed by atoms with Crippen molar-refractivity contribution >= 4 is 11.8 Å². The number of ether oxygens (including phenoxy) is 1. The van der Waals surface area contributed by atoms with Crippen LogP contribution in [0.25, 0.3) is 0 Å². The number of aromatic nitrogens is 1. The Bertz CT molecular complexity index is 476. The summed E-state index contributed by atoms with van der Waals surface area (Å²) in [6, 6.07) is 2.79. The lowest BCUT2D eigenvalue weighted by atomic mass is 10.1. The minimum absolute atomic E-state index is 0.131. The fraction of sp³-hybridized carbons (Fsp3) is 0.462. The topological polar surface area (TPSA) is 80.3 Å². The summed E-state index contributed by atoms with van der Waals surface area (Å²) in [5.74, 6) is -0.213. The van der Waals surface area contributed by atoms with Gasteiger partial charge in [0.05, 0.1) is 7.11 Å². The molecular formula is C13H17N3O3. The maximum absolute atomic E-state index is 12.1. The summed E-state index contributed by atoms with van der Waals surface area (Å²) in [5.41, 5.74) is 0.335. The van der Waals surface area contributed by atoms with Gasteiger partial charge >= 0.3 is 0 Å². The second-order valence-electron chi connectivity index (χ2n) is 4.37. The molecule has 0 aromatic carbocycles. The zero-order chi connectivity index (χ0) is 13.7. The first-order valence-corrected chi connectivity index (χ1v) is 6.30. The minimum Gasteiger partial charge on any atom is -0.480 e. The molecule has 0 radical (unpaired) electrons. The third kappa shape index (κ3) is 3.21. The number of carbonyl (C=O) groups excluding carboxylic acids is 2. The van der Waals surface area contributed by atoms with E-state index in [1.807, 2.05) is 0 Å². The lowest BCUT2D eigenvalue weighted by Crippen LogP contribution is -2.45. The van der Waals surface area contributed by atoms with Crippen LogP contribution in [0.3, 0.4) is 0 Å². The molecule has 0 saturated carbocycles. The van der Waals surface area contributed by atoms with Gasteiger partial charge in [0.1, 0.15) is 11.6 Å². The number of rotatable bonds is 3. The summed E-state index contributed by atoms with van der Waals surface area (Å²) in [5, 5.41) is 5.51. The van der Waals surface area contributed by atoms with Crippen molar-refractivity contribution < 1.29 is 14.3 Å². The van der Waals surface area contributed by atoms with Crippen molar-refractivity contribution in [3.8, 4) is 5.88 Å². The van der Waals surface area contributed by atoms with Gasteiger partial charge in [0, 0.05) is 12.7 Å². The highest BCUT2D eigenvalue weighted by molar-refractivity contribution is 5.99. The summed E-state index contributed by atoms with van der Waals surface area (Å²) >= 11 is 0. The van der Waals surface area contributed by atoms with Crippen LogP contribution >= 0.6 is 0 Å². The summed E-state index contributed by atoms with van der Waals surface area (Å²) in [4.78, 5) is 27.9. The molecule has 1 aliphatic rings. The quantitative estimate of drug-likeness (QED) is 0.831. The average molecular weight is 263 g/mol. The SMILES string of the molecule is COc1ncccc1C(=O)N[C@H]1CCCCNC1=O. The highest BCUT2D eigenvalue weighted by Crippen LogP contribution is 2.14. The number of pyridine rings is 1. The largest absolute Gasteiger partial charge is 0.480 e. The average Bonchev–Trinajstić information content (AvgIpc) is 2.64. The molecule has 0 bridgehead atoms. The summed E-state index contributed by atoms with van der Waals surface area (Å²) in [7, 11) is 1.46. The van der Waals surface area contributed by atoms with Crippen molar-refractivity contribution in [2.24, 2.45) is 0 Å². The van der Waals surface area contributed by atoms with Gasteiger partial charge in [-0.2, -0.15) is 0 Å². The standard InChI is InChI=1S/C13H17N3O3/c1-19-13-9(5-4-8-15-13)11(17)16-10-6-2-3-7-14-12(10)18/h4-5,8,10H,2-3,6-7H2,1H3,(H,14,18)(H,16,17)/t10-/m0/s1. The predicted octanol–water partition coefficient (Wildman–Crippen LogP) is 0.489. The Kier molecular flexibility index (Phi) is 4.33.